The SMILES string of the molecule is COc1ccc(C(CNc2ccc(F)cc2)N(C)C)cc1. The molecule has 0 saturated heterocycles. The van der Waals surface area contributed by atoms with E-state index >= 15 is 0 Å². The van der Waals surface area contributed by atoms with Gasteiger partial charge in [0.05, 0.1) is 13.2 Å². The van der Waals surface area contributed by atoms with Crippen LogP contribution in [0.3, 0.4) is 0 Å². The molecule has 0 bridgehead atoms. The Labute approximate surface area is 125 Å². The van der Waals surface area contributed by atoms with Crippen LogP contribution in [-0.2, 0) is 0 Å². The van der Waals surface area contributed by atoms with Crippen molar-refractivity contribution in [1.82, 2.24) is 4.90 Å². The molecule has 2 aromatic rings. The van der Waals surface area contributed by atoms with Gasteiger partial charge in [-0.05, 0) is 56.1 Å². The second-order valence-corrected chi connectivity index (χ2v) is 5.14. The van der Waals surface area contributed by atoms with Gasteiger partial charge in [-0.1, -0.05) is 12.1 Å². The molecule has 0 aliphatic carbocycles. The van der Waals surface area contributed by atoms with E-state index < -0.39 is 0 Å². The number of halogens is 1. The van der Waals surface area contributed by atoms with Crippen LogP contribution in [0.2, 0.25) is 0 Å². The highest BCUT2D eigenvalue weighted by atomic mass is 19.1. The van der Waals surface area contributed by atoms with Crippen LogP contribution in [0, 0.1) is 5.82 Å². The number of rotatable bonds is 6. The Morgan fingerprint density at radius 3 is 2.19 bits per heavy atom. The Morgan fingerprint density at radius 1 is 1.05 bits per heavy atom. The summed E-state index contributed by atoms with van der Waals surface area (Å²) in [6.45, 7) is 0.741. The number of benzene rings is 2. The van der Waals surface area contributed by atoms with E-state index in [1.807, 2.05) is 26.2 Å². The summed E-state index contributed by atoms with van der Waals surface area (Å²) in [6, 6.07) is 14.7. The van der Waals surface area contributed by atoms with Crippen LogP contribution in [0.1, 0.15) is 11.6 Å². The molecule has 0 saturated carbocycles. The van der Waals surface area contributed by atoms with Gasteiger partial charge in [0.2, 0.25) is 0 Å². The second kappa shape index (κ2) is 7.09. The van der Waals surface area contributed by atoms with Crippen LogP contribution in [0.15, 0.2) is 48.5 Å². The molecule has 21 heavy (non-hydrogen) atoms. The maximum absolute atomic E-state index is 12.9. The maximum atomic E-state index is 12.9. The van der Waals surface area contributed by atoms with Crippen LogP contribution in [0.5, 0.6) is 5.75 Å². The first-order valence-electron chi connectivity index (χ1n) is 6.90. The zero-order chi connectivity index (χ0) is 15.2. The minimum Gasteiger partial charge on any atom is -0.497 e. The topological polar surface area (TPSA) is 24.5 Å². The highest BCUT2D eigenvalue weighted by Crippen LogP contribution is 2.22. The fraction of sp³-hybridized carbons (Fsp3) is 0.294. The molecule has 0 aliphatic rings. The van der Waals surface area contributed by atoms with Crippen molar-refractivity contribution in [1.29, 1.82) is 0 Å². The van der Waals surface area contributed by atoms with Gasteiger partial charge in [0.1, 0.15) is 11.6 Å². The number of ether oxygens (including phenoxy) is 1. The van der Waals surface area contributed by atoms with Crippen molar-refractivity contribution in [2.45, 2.75) is 6.04 Å². The summed E-state index contributed by atoms with van der Waals surface area (Å²) in [5.41, 5.74) is 2.12. The molecule has 0 aliphatic heterocycles. The first-order valence-corrected chi connectivity index (χ1v) is 6.90. The molecule has 2 rings (SSSR count). The summed E-state index contributed by atoms with van der Waals surface area (Å²) in [5.74, 6) is 0.627. The molecule has 112 valence electrons. The quantitative estimate of drug-likeness (QED) is 0.879. The average Bonchev–Trinajstić information content (AvgIpc) is 2.49. The van der Waals surface area contributed by atoms with E-state index in [2.05, 4.69) is 22.3 Å². The molecule has 1 atom stereocenters. The minimum absolute atomic E-state index is 0.222. The van der Waals surface area contributed by atoms with Gasteiger partial charge >= 0.3 is 0 Å². The number of nitrogens with one attached hydrogen (secondary N) is 1. The third kappa shape index (κ3) is 4.20. The van der Waals surface area contributed by atoms with Gasteiger partial charge in [-0.2, -0.15) is 0 Å². The van der Waals surface area contributed by atoms with Crippen LogP contribution in [0.4, 0.5) is 10.1 Å². The molecule has 0 radical (unpaired) electrons. The second-order valence-electron chi connectivity index (χ2n) is 5.14. The Bertz CT molecular complexity index is 552. The Hall–Kier alpha value is -2.07. The van der Waals surface area contributed by atoms with E-state index in [-0.39, 0.29) is 11.9 Å². The lowest BCUT2D eigenvalue weighted by Crippen LogP contribution is -2.26. The Morgan fingerprint density at radius 2 is 1.67 bits per heavy atom. The first-order chi connectivity index (χ1) is 10.1. The van der Waals surface area contributed by atoms with Crippen molar-refractivity contribution in [3.8, 4) is 5.75 Å². The molecule has 0 spiro atoms. The summed E-state index contributed by atoms with van der Waals surface area (Å²) in [7, 11) is 5.75. The third-order valence-corrected chi connectivity index (χ3v) is 3.47. The Balaban J connectivity index is 2.06. The Kier molecular flexibility index (Phi) is 5.17. The molecule has 0 aromatic heterocycles. The van der Waals surface area contributed by atoms with Gasteiger partial charge in [-0.25, -0.2) is 4.39 Å². The maximum Gasteiger partial charge on any atom is 0.123 e. The molecular formula is C17H21FN2O. The van der Waals surface area contributed by atoms with Gasteiger partial charge in [0, 0.05) is 12.2 Å². The predicted molar refractivity (Wildman–Crippen MR) is 84.3 cm³/mol. The molecular weight excluding hydrogens is 267 g/mol. The van der Waals surface area contributed by atoms with Crippen molar-refractivity contribution in [2.75, 3.05) is 33.1 Å². The fourth-order valence-electron chi connectivity index (χ4n) is 2.21. The predicted octanol–water partition coefficient (Wildman–Crippen LogP) is 3.55. The number of methoxy groups -OCH3 is 1. The van der Waals surface area contributed by atoms with Crippen molar-refractivity contribution < 1.29 is 9.13 Å². The molecule has 1 unspecified atom stereocenters. The summed E-state index contributed by atoms with van der Waals surface area (Å²) in [4.78, 5) is 2.15. The highest BCUT2D eigenvalue weighted by Gasteiger charge is 2.13. The van der Waals surface area contributed by atoms with E-state index in [0.717, 1.165) is 18.0 Å². The molecule has 0 amide bonds. The molecule has 0 fully saturated rings. The zero-order valence-electron chi connectivity index (χ0n) is 12.6. The molecule has 1 N–H and O–H groups in total. The summed E-state index contributed by atoms with van der Waals surface area (Å²) in [5, 5.41) is 3.34. The molecule has 4 heteroatoms. The van der Waals surface area contributed by atoms with Crippen molar-refractivity contribution in [3.05, 3.63) is 59.9 Å². The van der Waals surface area contributed by atoms with Gasteiger partial charge in [-0.15, -0.1) is 0 Å². The largest absolute Gasteiger partial charge is 0.497 e. The average molecular weight is 288 g/mol. The third-order valence-electron chi connectivity index (χ3n) is 3.47. The fourth-order valence-corrected chi connectivity index (χ4v) is 2.21. The minimum atomic E-state index is -0.222. The first kappa shape index (κ1) is 15.3. The number of likely N-dealkylation sites (N-methyl/N-ethyl adjacent to an activating group) is 1. The normalized spacial score (nSPS) is 12.2. The van der Waals surface area contributed by atoms with Crippen LogP contribution in [-0.4, -0.2) is 32.6 Å². The molecule has 3 nitrogen and oxygen atoms in total. The number of hydrogen-bond donors (Lipinski definition) is 1. The van der Waals surface area contributed by atoms with Gasteiger partial charge in [0.15, 0.2) is 0 Å². The summed E-state index contributed by atoms with van der Waals surface area (Å²) < 4.78 is 18.1. The van der Waals surface area contributed by atoms with Gasteiger partial charge < -0.3 is 15.0 Å². The van der Waals surface area contributed by atoms with Crippen molar-refractivity contribution in [2.24, 2.45) is 0 Å². The van der Waals surface area contributed by atoms with Gasteiger partial charge in [-0.3, -0.25) is 0 Å². The van der Waals surface area contributed by atoms with Crippen LogP contribution in [0.25, 0.3) is 0 Å². The molecule has 0 heterocycles. The lowest BCUT2D eigenvalue weighted by atomic mass is 10.1. The van der Waals surface area contributed by atoms with Gasteiger partial charge in [0.25, 0.3) is 0 Å². The summed E-state index contributed by atoms with van der Waals surface area (Å²) in [6.07, 6.45) is 0. The van der Waals surface area contributed by atoms with E-state index in [0.29, 0.717) is 0 Å². The molecule has 2 aromatic carbocycles. The smallest absolute Gasteiger partial charge is 0.123 e. The van der Waals surface area contributed by atoms with E-state index in [1.54, 1.807) is 19.2 Å². The highest BCUT2D eigenvalue weighted by molar-refractivity contribution is 5.43. The van der Waals surface area contributed by atoms with Crippen LogP contribution >= 0.6 is 0 Å². The lowest BCUT2D eigenvalue weighted by Gasteiger charge is -2.25. The van der Waals surface area contributed by atoms with E-state index in [9.17, 15) is 4.39 Å². The van der Waals surface area contributed by atoms with E-state index in [1.165, 1.54) is 17.7 Å². The standard InChI is InChI=1S/C17H21FN2O/c1-20(2)17(13-4-10-16(21-3)11-5-13)12-19-15-8-6-14(18)7-9-15/h4-11,17,19H,12H2,1-3H3. The van der Waals surface area contributed by atoms with E-state index in [4.69, 9.17) is 4.74 Å². The number of hydrogen-bond acceptors (Lipinski definition) is 3. The van der Waals surface area contributed by atoms with Crippen LogP contribution < -0.4 is 10.1 Å². The van der Waals surface area contributed by atoms with Crippen molar-refractivity contribution >= 4 is 5.69 Å². The number of nitrogens with zero attached hydrogens (tertiary/aromatic N) is 1. The summed E-state index contributed by atoms with van der Waals surface area (Å²) >= 11 is 0. The number of anilines is 1. The monoisotopic (exact) mass is 288 g/mol. The zero-order valence-corrected chi connectivity index (χ0v) is 12.6. The van der Waals surface area contributed by atoms with Crippen molar-refractivity contribution in [3.63, 3.8) is 0 Å². The lowest BCUT2D eigenvalue weighted by molar-refractivity contribution is 0.311.